The summed E-state index contributed by atoms with van der Waals surface area (Å²) in [5, 5.41) is 3.08. The highest BCUT2D eigenvalue weighted by Crippen LogP contribution is 2.34. The molecular formula is C17H12ClF2NO2S. The number of hydrogen-bond acceptors (Lipinski definition) is 3. The summed E-state index contributed by atoms with van der Waals surface area (Å²) >= 11 is 6.83. The van der Waals surface area contributed by atoms with Crippen LogP contribution in [0.4, 0.5) is 14.5 Å². The van der Waals surface area contributed by atoms with E-state index in [4.69, 9.17) is 16.3 Å². The molecule has 0 saturated heterocycles. The summed E-state index contributed by atoms with van der Waals surface area (Å²) in [5.41, 5.74) is 0.452. The van der Waals surface area contributed by atoms with Gasteiger partial charge in [-0.3, -0.25) is 4.79 Å². The van der Waals surface area contributed by atoms with Gasteiger partial charge in [0.25, 0.3) is 5.91 Å². The summed E-state index contributed by atoms with van der Waals surface area (Å²) in [6, 6.07) is 8.58. The first-order chi connectivity index (χ1) is 11.5. The first-order valence-corrected chi connectivity index (χ1v) is 8.16. The number of methoxy groups -OCH3 is 1. The number of fused-ring (bicyclic) bond motifs is 1. The molecule has 3 rings (SSSR count). The largest absolute Gasteiger partial charge is 0.380 e. The lowest BCUT2D eigenvalue weighted by Gasteiger charge is -2.07. The maximum atomic E-state index is 14.1. The Hall–Kier alpha value is -2.02. The van der Waals surface area contributed by atoms with E-state index in [2.05, 4.69) is 5.32 Å². The summed E-state index contributed by atoms with van der Waals surface area (Å²) in [5.74, 6) is -1.59. The lowest BCUT2D eigenvalue weighted by Crippen LogP contribution is -2.13. The second kappa shape index (κ2) is 6.84. The van der Waals surface area contributed by atoms with E-state index in [1.165, 1.54) is 25.3 Å². The quantitative estimate of drug-likeness (QED) is 0.685. The first-order valence-electron chi connectivity index (χ1n) is 6.96. The van der Waals surface area contributed by atoms with Gasteiger partial charge in [0, 0.05) is 27.8 Å². The molecule has 0 fully saturated rings. The zero-order chi connectivity index (χ0) is 17.3. The van der Waals surface area contributed by atoms with Crippen LogP contribution >= 0.6 is 22.9 Å². The Morgan fingerprint density at radius 1 is 1.25 bits per heavy atom. The molecule has 3 aromatic rings. The zero-order valence-electron chi connectivity index (χ0n) is 12.5. The Balaban J connectivity index is 2.03. The Labute approximate surface area is 145 Å². The van der Waals surface area contributed by atoms with Gasteiger partial charge in [0.15, 0.2) is 0 Å². The van der Waals surface area contributed by atoms with Gasteiger partial charge in [0.05, 0.1) is 17.2 Å². The van der Waals surface area contributed by atoms with Gasteiger partial charge in [-0.1, -0.05) is 17.7 Å². The van der Waals surface area contributed by atoms with E-state index in [-0.39, 0.29) is 22.2 Å². The molecule has 0 radical (unpaired) electrons. The van der Waals surface area contributed by atoms with Gasteiger partial charge in [0.1, 0.15) is 11.6 Å². The first kappa shape index (κ1) is 16.8. The van der Waals surface area contributed by atoms with E-state index >= 15 is 0 Å². The molecular weight excluding hydrogens is 356 g/mol. The summed E-state index contributed by atoms with van der Waals surface area (Å²) in [6.45, 7) is 0.0762. The molecule has 3 nitrogen and oxygen atoms in total. The fraction of sp³-hybridized carbons (Fsp3) is 0.118. The molecule has 0 aliphatic rings. The van der Waals surface area contributed by atoms with Crippen LogP contribution in [0.5, 0.6) is 0 Å². The molecule has 0 atom stereocenters. The van der Waals surface area contributed by atoms with Gasteiger partial charge >= 0.3 is 0 Å². The molecule has 1 amide bonds. The average Bonchev–Trinajstić information content (AvgIpc) is 2.91. The molecule has 7 heteroatoms. The number of benzene rings is 2. The topological polar surface area (TPSA) is 38.3 Å². The van der Waals surface area contributed by atoms with Crippen LogP contribution in [-0.4, -0.2) is 13.0 Å². The van der Waals surface area contributed by atoms with Crippen LogP contribution in [-0.2, 0) is 11.3 Å². The molecule has 0 saturated carbocycles. The average molecular weight is 368 g/mol. The van der Waals surface area contributed by atoms with E-state index in [0.29, 0.717) is 15.6 Å². The molecule has 124 valence electrons. The second-order valence-corrected chi connectivity index (χ2v) is 6.52. The van der Waals surface area contributed by atoms with Crippen molar-refractivity contribution in [1.82, 2.24) is 0 Å². The standard InChI is InChI=1S/C17H12ClF2NO2S/c1-23-8-10-15-11(19)3-2-4-14(15)24-16(10)17(22)21-13-6-5-9(18)7-12(13)20/h2-7H,8H2,1H3,(H,21,22). The number of thiophene rings is 1. The number of amides is 1. The van der Waals surface area contributed by atoms with Crippen LogP contribution < -0.4 is 5.32 Å². The van der Waals surface area contributed by atoms with Gasteiger partial charge in [-0.2, -0.15) is 0 Å². The number of nitrogens with one attached hydrogen (secondary N) is 1. The van der Waals surface area contributed by atoms with Crippen molar-refractivity contribution in [3.05, 3.63) is 63.5 Å². The predicted molar refractivity (Wildman–Crippen MR) is 91.9 cm³/mol. The van der Waals surface area contributed by atoms with Gasteiger partial charge < -0.3 is 10.1 Å². The van der Waals surface area contributed by atoms with Gasteiger partial charge in [-0.15, -0.1) is 11.3 Å². The summed E-state index contributed by atoms with van der Waals surface area (Å²) in [7, 11) is 1.46. The van der Waals surface area contributed by atoms with E-state index in [9.17, 15) is 13.6 Å². The van der Waals surface area contributed by atoms with E-state index in [0.717, 1.165) is 17.4 Å². The maximum absolute atomic E-state index is 14.1. The molecule has 0 aliphatic heterocycles. The fourth-order valence-corrected chi connectivity index (χ4v) is 3.68. The molecule has 1 aromatic heterocycles. The van der Waals surface area contributed by atoms with Crippen molar-refractivity contribution in [2.75, 3.05) is 12.4 Å². The highest BCUT2D eigenvalue weighted by molar-refractivity contribution is 7.21. The number of halogens is 3. The highest BCUT2D eigenvalue weighted by Gasteiger charge is 2.21. The Bertz CT molecular complexity index is 926. The molecule has 0 bridgehead atoms. The number of carbonyl (C=O) groups excluding carboxylic acids is 1. The van der Waals surface area contributed by atoms with Crippen molar-refractivity contribution in [1.29, 1.82) is 0 Å². The van der Waals surface area contributed by atoms with Gasteiger partial charge in [-0.05, 0) is 30.3 Å². The van der Waals surface area contributed by atoms with Gasteiger partial charge in [0.2, 0.25) is 0 Å². The Morgan fingerprint density at radius 2 is 2.04 bits per heavy atom. The number of anilines is 1. The minimum Gasteiger partial charge on any atom is -0.380 e. The van der Waals surface area contributed by atoms with E-state index in [1.807, 2.05) is 0 Å². The Kier molecular flexibility index (Phi) is 4.80. The van der Waals surface area contributed by atoms with Crippen molar-refractivity contribution in [3.63, 3.8) is 0 Å². The molecule has 0 unspecified atom stereocenters. The van der Waals surface area contributed by atoms with Crippen LogP contribution in [0.3, 0.4) is 0 Å². The van der Waals surface area contributed by atoms with Crippen LogP contribution in [0.15, 0.2) is 36.4 Å². The minimum atomic E-state index is -0.642. The molecule has 1 heterocycles. The number of ether oxygens (including phenoxy) is 1. The Morgan fingerprint density at radius 3 is 2.75 bits per heavy atom. The number of hydrogen-bond donors (Lipinski definition) is 1. The lowest BCUT2D eigenvalue weighted by atomic mass is 10.1. The summed E-state index contributed by atoms with van der Waals surface area (Å²) < 4.78 is 33.7. The molecule has 0 aliphatic carbocycles. The van der Waals surface area contributed by atoms with Crippen LogP contribution in [0.2, 0.25) is 5.02 Å². The summed E-state index contributed by atoms with van der Waals surface area (Å²) in [6.07, 6.45) is 0. The number of rotatable bonds is 4. The van der Waals surface area contributed by atoms with Crippen LogP contribution in [0.1, 0.15) is 15.2 Å². The van der Waals surface area contributed by atoms with Crippen molar-refractivity contribution < 1.29 is 18.3 Å². The van der Waals surface area contributed by atoms with Gasteiger partial charge in [-0.25, -0.2) is 8.78 Å². The van der Waals surface area contributed by atoms with Crippen molar-refractivity contribution in [3.8, 4) is 0 Å². The third-order valence-electron chi connectivity index (χ3n) is 3.44. The fourth-order valence-electron chi connectivity index (χ4n) is 2.40. The molecule has 0 spiro atoms. The molecule has 24 heavy (non-hydrogen) atoms. The SMILES string of the molecule is COCc1c(C(=O)Nc2ccc(Cl)cc2F)sc2cccc(F)c12. The van der Waals surface area contributed by atoms with Crippen molar-refractivity contribution in [2.24, 2.45) is 0 Å². The van der Waals surface area contributed by atoms with E-state index in [1.54, 1.807) is 12.1 Å². The lowest BCUT2D eigenvalue weighted by molar-refractivity contribution is 0.102. The zero-order valence-corrected chi connectivity index (χ0v) is 14.1. The predicted octanol–water partition coefficient (Wildman–Crippen LogP) is 5.23. The van der Waals surface area contributed by atoms with Crippen molar-refractivity contribution >= 4 is 44.6 Å². The third-order valence-corrected chi connectivity index (χ3v) is 4.87. The highest BCUT2D eigenvalue weighted by atomic mass is 35.5. The minimum absolute atomic E-state index is 0.00527. The van der Waals surface area contributed by atoms with Crippen LogP contribution in [0.25, 0.3) is 10.1 Å². The summed E-state index contributed by atoms with van der Waals surface area (Å²) in [4.78, 5) is 12.8. The number of carbonyl (C=O) groups is 1. The second-order valence-electron chi connectivity index (χ2n) is 5.03. The maximum Gasteiger partial charge on any atom is 0.266 e. The van der Waals surface area contributed by atoms with Crippen molar-refractivity contribution in [2.45, 2.75) is 6.61 Å². The van der Waals surface area contributed by atoms with Crippen LogP contribution in [0, 0.1) is 11.6 Å². The monoisotopic (exact) mass is 367 g/mol. The molecule has 2 aromatic carbocycles. The normalized spacial score (nSPS) is 11.0. The molecule has 1 N–H and O–H groups in total. The third kappa shape index (κ3) is 3.13. The smallest absolute Gasteiger partial charge is 0.266 e. The van der Waals surface area contributed by atoms with E-state index < -0.39 is 17.5 Å².